The summed E-state index contributed by atoms with van der Waals surface area (Å²) >= 11 is 0. The number of benzene rings is 2. The Labute approximate surface area is 149 Å². The third kappa shape index (κ3) is 5.07. The van der Waals surface area contributed by atoms with E-state index in [1.165, 1.54) is 5.56 Å². The monoisotopic (exact) mass is 338 g/mol. The Kier molecular flexibility index (Phi) is 6.07. The number of amides is 1. The van der Waals surface area contributed by atoms with Crippen molar-refractivity contribution in [1.82, 2.24) is 4.90 Å². The van der Waals surface area contributed by atoms with Crippen LogP contribution in [0.25, 0.3) is 0 Å². The lowest BCUT2D eigenvalue weighted by Gasteiger charge is -2.31. The van der Waals surface area contributed by atoms with E-state index in [4.69, 9.17) is 4.74 Å². The summed E-state index contributed by atoms with van der Waals surface area (Å²) in [7, 11) is 0. The molecule has 1 aliphatic heterocycles. The standard InChI is InChI=1S/C21H26N2O2/c1-2-25-20-10-6-9-19(15-20)22-21(24)18-11-13-23(14-12-18)16-17-7-4-3-5-8-17/h3-10,15,18H,2,11-14,16H2,1H3,(H,22,24). The lowest BCUT2D eigenvalue weighted by atomic mass is 9.95. The minimum Gasteiger partial charge on any atom is -0.494 e. The van der Waals surface area contributed by atoms with Crippen molar-refractivity contribution in [3.05, 3.63) is 60.2 Å². The highest BCUT2D eigenvalue weighted by Crippen LogP contribution is 2.22. The van der Waals surface area contributed by atoms with Gasteiger partial charge in [-0.3, -0.25) is 9.69 Å². The summed E-state index contributed by atoms with van der Waals surface area (Å²) < 4.78 is 5.49. The molecule has 0 radical (unpaired) electrons. The van der Waals surface area contributed by atoms with Crippen molar-refractivity contribution in [1.29, 1.82) is 0 Å². The van der Waals surface area contributed by atoms with E-state index in [0.717, 1.165) is 43.9 Å². The van der Waals surface area contributed by atoms with Gasteiger partial charge in [0.15, 0.2) is 0 Å². The molecule has 0 aliphatic carbocycles. The average Bonchev–Trinajstić information content (AvgIpc) is 2.64. The number of piperidine rings is 1. The number of hydrogen-bond donors (Lipinski definition) is 1. The number of carbonyl (C=O) groups excluding carboxylic acids is 1. The van der Waals surface area contributed by atoms with Crippen LogP contribution in [-0.2, 0) is 11.3 Å². The fourth-order valence-electron chi connectivity index (χ4n) is 3.27. The number of carbonyl (C=O) groups is 1. The molecule has 1 N–H and O–H groups in total. The van der Waals surface area contributed by atoms with E-state index in [0.29, 0.717) is 6.61 Å². The Morgan fingerprint density at radius 2 is 1.88 bits per heavy atom. The van der Waals surface area contributed by atoms with Crippen LogP contribution in [0.5, 0.6) is 5.75 Å². The third-order valence-electron chi connectivity index (χ3n) is 4.62. The maximum absolute atomic E-state index is 12.5. The van der Waals surface area contributed by atoms with Crippen molar-refractivity contribution in [2.24, 2.45) is 5.92 Å². The van der Waals surface area contributed by atoms with Crippen molar-refractivity contribution in [2.45, 2.75) is 26.3 Å². The third-order valence-corrected chi connectivity index (χ3v) is 4.62. The first-order valence-corrected chi connectivity index (χ1v) is 9.04. The summed E-state index contributed by atoms with van der Waals surface area (Å²) in [5.41, 5.74) is 2.14. The van der Waals surface area contributed by atoms with E-state index in [-0.39, 0.29) is 11.8 Å². The number of ether oxygens (including phenoxy) is 1. The first-order chi connectivity index (χ1) is 12.2. The molecule has 0 aromatic heterocycles. The minimum absolute atomic E-state index is 0.0859. The van der Waals surface area contributed by atoms with E-state index in [1.54, 1.807) is 0 Å². The zero-order chi connectivity index (χ0) is 17.5. The van der Waals surface area contributed by atoms with Gasteiger partial charge in [-0.2, -0.15) is 0 Å². The molecule has 1 saturated heterocycles. The molecule has 1 aliphatic rings. The normalized spacial score (nSPS) is 15.7. The number of rotatable bonds is 6. The van der Waals surface area contributed by atoms with Crippen molar-refractivity contribution in [2.75, 3.05) is 25.0 Å². The first-order valence-electron chi connectivity index (χ1n) is 9.04. The van der Waals surface area contributed by atoms with Crippen LogP contribution in [0.2, 0.25) is 0 Å². The summed E-state index contributed by atoms with van der Waals surface area (Å²) in [4.78, 5) is 15.0. The van der Waals surface area contributed by atoms with E-state index < -0.39 is 0 Å². The molecule has 25 heavy (non-hydrogen) atoms. The molecule has 0 atom stereocenters. The van der Waals surface area contributed by atoms with Gasteiger partial charge in [0.1, 0.15) is 5.75 Å². The molecule has 3 rings (SSSR count). The number of likely N-dealkylation sites (tertiary alicyclic amines) is 1. The Morgan fingerprint density at radius 3 is 2.60 bits per heavy atom. The van der Waals surface area contributed by atoms with Crippen LogP contribution in [0.4, 0.5) is 5.69 Å². The lowest BCUT2D eigenvalue weighted by Crippen LogP contribution is -2.37. The molecule has 1 fully saturated rings. The van der Waals surface area contributed by atoms with Gasteiger partial charge in [-0.05, 0) is 50.6 Å². The molecule has 4 heteroatoms. The predicted octanol–water partition coefficient (Wildman–Crippen LogP) is 3.94. The highest BCUT2D eigenvalue weighted by atomic mass is 16.5. The van der Waals surface area contributed by atoms with Crippen molar-refractivity contribution >= 4 is 11.6 Å². The fraction of sp³-hybridized carbons (Fsp3) is 0.381. The van der Waals surface area contributed by atoms with Gasteiger partial charge in [-0.15, -0.1) is 0 Å². The SMILES string of the molecule is CCOc1cccc(NC(=O)C2CCN(Cc3ccccc3)CC2)c1. The summed E-state index contributed by atoms with van der Waals surface area (Å²) in [6.45, 7) is 5.47. The summed E-state index contributed by atoms with van der Waals surface area (Å²) in [6.07, 6.45) is 1.81. The van der Waals surface area contributed by atoms with Crippen LogP contribution < -0.4 is 10.1 Å². The van der Waals surface area contributed by atoms with Gasteiger partial charge >= 0.3 is 0 Å². The highest BCUT2D eigenvalue weighted by Gasteiger charge is 2.25. The van der Waals surface area contributed by atoms with Gasteiger partial charge in [0.25, 0.3) is 0 Å². The molecular weight excluding hydrogens is 312 g/mol. The first kappa shape index (κ1) is 17.5. The van der Waals surface area contributed by atoms with Gasteiger partial charge in [-0.1, -0.05) is 36.4 Å². The quantitative estimate of drug-likeness (QED) is 0.867. The summed E-state index contributed by atoms with van der Waals surface area (Å²) in [5, 5.41) is 3.04. The number of nitrogens with one attached hydrogen (secondary N) is 1. The Morgan fingerprint density at radius 1 is 1.12 bits per heavy atom. The minimum atomic E-state index is 0.0859. The molecule has 2 aromatic rings. The largest absolute Gasteiger partial charge is 0.494 e. The molecular formula is C21H26N2O2. The smallest absolute Gasteiger partial charge is 0.227 e. The van der Waals surface area contributed by atoms with Gasteiger partial charge in [0.05, 0.1) is 6.61 Å². The maximum Gasteiger partial charge on any atom is 0.227 e. The van der Waals surface area contributed by atoms with Crippen LogP contribution in [0.1, 0.15) is 25.3 Å². The zero-order valence-corrected chi connectivity index (χ0v) is 14.8. The zero-order valence-electron chi connectivity index (χ0n) is 14.8. The Bertz CT molecular complexity index is 679. The van der Waals surface area contributed by atoms with E-state index in [2.05, 4.69) is 34.5 Å². The van der Waals surface area contributed by atoms with Crippen molar-refractivity contribution in [3.63, 3.8) is 0 Å². The Balaban J connectivity index is 1.49. The van der Waals surface area contributed by atoms with Crippen LogP contribution in [0, 0.1) is 5.92 Å². The second kappa shape index (κ2) is 8.67. The molecule has 0 saturated carbocycles. The molecule has 0 bridgehead atoms. The number of hydrogen-bond acceptors (Lipinski definition) is 3. The number of nitrogens with zero attached hydrogens (tertiary/aromatic N) is 1. The van der Waals surface area contributed by atoms with Gasteiger partial charge < -0.3 is 10.1 Å². The second-order valence-electron chi connectivity index (χ2n) is 6.49. The topological polar surface area (TPSA) is 41.6 Å². The number of anilines is 1. The molecule has 0 unspecified atom stereocenters. The van der Waals surface area contributed by atoms with Gasteiger partial charge in [0, 0.05) is 24.2 Å². The van der Waals surface area contributed by atoms with Gasteiger partial charge in [0.2, 0.25) is 5.91 Å². The van der Waals surface area contributed by atoms with Gasteiger partial charge in [-0.25, -0.2) is 0 Å². The molecule has 0 spiro atoms. The van der Waals surface area contributed by atoms with E-state index in [1.807, 2.05) is 37.3 Å². The van der Waals surface area contributed by atoms with E-state index >= 15 is 0 Å². The Hall–Kier alpha value is -2.33. The van der Waals surface area contributed by atoms with Crippen molar-refractivity contribution in [3.8, 4) is 5.75 Å². The van der Waals surface area contributed by atoms with E-state index in [9.17, 15) is 4.79 Å². The van der Waals surface area contributed by atoms with Crippen LogP contribution in [0.3, 0.4) is 0 Å². The summed E-state index contributed by atoms with van der Waals surface area (Å²) in [6, 6.07) is 18.1. The highest BCUT2D eigenvalue weighted by molar-refractivity contribution is 5.92. The second-order valence-corrected chi connectivity index (χ2v) is 6.49. The maximum atomic E-state index is 12.5. The molecule has 1 amide bonds. The lowest BCUT2D eigenvalue weighted by molar-refractivity contribution is -0.121. The van der Waals surface area contributed by atoms with Crippen LogP contribution >= 0.6 is 0 Å². The van der Waals surface area contributed by atoms with Crippen molar-refractivity contribution < 1.29 is 9.53 Å². The van der Waals surface area contributed by atoms with Crippen LogP contribution in [-0.4, -0.2) is 30.5 Å². The fourth-order valence-corrected chi connectivity index (χ4v) is 3.27. The predicted molar refractivity (Wildman–Crippen MR) is 101 cm³/mol. The molecule has 4 nitrogen and oxygen atoms in total. The van der Waals surface area contributed by atoms with Crippen LogP contribution in [0.15, 0.2) is 54.6 Å². The molecule has 132 valence electrons. The summed E-state index contributed by atoms with van der Waals surface area (Å²) in [5.74, 6) is 0.994. The molecule has 1 heterocycles. The average molecular weight is 338 g/mol. The molecule has 2 aromatic carbocycles.